The molecule has 1 aromatic carbocycles. The smallest absolute Gasteiger partial charge is 0.315 e. The van der Waals surface area contributed by atoms with Gasteiger partial charge in [-0.1, -0.05) is 38.1 Å². The number of urea groups is 1. The second-order valence-corrected chi connectivity index (χ2v) is 8.87. The summed E-state index contributed by atoms with van der Waals surface area (Å²) in [7, 11) is 0. The van der Waals surface area contributed by atoms with Crippen molar-refractivity contribution in [3.05, 3.63) is 35.4 Å². The molecule has 0 aliphatic carbocycles. The molecule has 6 nitrogen and oxygen atoms in total. The number of amides is 2. The summed E-state index contributed by atoms with van der Waals surface area (Å²) in [6, 6.07) is 8.56. The molecule has 2 aliphatic rings. The van der Waals surface area contributed by atoms with Crippen molar-refractivity contribution in [2.75, 3.05) is 52.5 Å². The third-order valence-corrected chi connectivity index (χ3v) is 5.87. The largest absolute Gasteiger partial charge is 0.379 e. The maximum Gasteiger partial charge on any atom is 0.315 e. The molecule has 2 N–H and O–H groups in total. The lowest BCUT2D eigenvalue weighted by Crippen LogP contribution is -2.39. The Labute approximate surface area is 176 Å². The predicted molar refractivity (Wildman–Crippen MR) is 117 cm³/mol. The van der Waals surface area contributed by atoms with Crippen molar-refractivity contribution in [3.8, 4) is 0 Å². The van der Waals surface area contributed by atoms with E-state index < -0.39 is 0 Å². The van der Waals surface area contributed by atoms with Gasteiger partial charge in [0.2, 0.25) is 0 Å². The fourth-order valence-electron chi connectivity index (χ4n) is 4.52. The monoisotopic (exact) mass is 402 g/mol. The lowest BCUT2D eigenvalue weighted by Gasteiger charge is -2.35. The van der Waals surface area contributed by atoms with Gasteiger partial charge in [0.15, 0.2) is 0 Å². The van der Waals surface area contributed by atoms with Crippen LogP contribution in [0.25, 0.3) is 0 Å². The number of hydrogen-bond donors (Lipinski definition) is 2. The number of nitrogens with one attached hydrogen (secondary N) is 2. The van der Waals surface area contributed by atoms with Crippen LogP contribution in [0.4, 0.5) is 4.79 Å². The molecule has 0 bridgehead atoms. The Morgan fingerprint density at radius 1 is 1.00 bits per heavy atom. The Morgan fingerprint density at radius 2 is 1.66 bits per heavy atom. The van der Waals surface area contributed by atoms with Crippen LogP contribution in [0, 0.1) is 11.8 Å². The lowest BCUT2D eigenvalue weighted by molar-refractivity contribution is 0.0375. The van der Waals surface area contributed by atoms with E-state index >= 15 is 0 Å². The first-order valence-corrected chi connectivity index (χ1v) is 11.2. The number of nitrogens with zero attached hydrogens (tertiary/aromatic N) is 2. The van der Waals surface area contributed by atoms with Crippen molar-refractivity contribution in [1.29, 1.82) is 0 Å². The summed E-state index contributed by atoms with van der Waals surface area (Å²) in [4.78, 5) is 16.9. The number of carbonyl (C=O) groups excluding carboxylic acids is 1. The third kappa shape index (κ3) is 7.96. The van der Waals surface area contributed by atoms with Gasteiger partial charge in [-0.3, -0.25) is 9.80 Å². The van der Waals surface area contributed by atoms with Crippen LogP contribution in [0.3, 0.4) is 0 Å². The Bertz CT molecular complexity index is 606. The van der Waals surface area contributed by atoms with Gasteiger partial charge < -0.3 is 15.4 Å². The Balaban J connectivity index is 1.30. The zero-order chi connectivity index (χ0) is 20.5. The van der Waals surface area contributed by atoms with Crippen LogP contribution in [-0.2, 0) is 17.8 Å². The molecule has 1 aromatic rings. The maximum atomic E-state index is 12.0. The van der Waals surface area contributed by atoms with E-state index in [0.717, 1.165) is 63.2 Å². The molecule has 2 saturated heterocycles. The summed E-state index contributed by atoms with van der Waals surface area (Å²) in [5.74, 6) is 1.57. The lowest BCUT2D eigenvalue weighted by atomic mass is 9.91. The summed E-state index contributed by atoms with van der Waals surface area (Å²) < 4.78 is 5.35. The number of piperidine rings is 1. The van der Waals surface area contributed by atoms with Gasteiger partial charge in [0.25, 0.3) is 0 Å². The van der Waals surface area contributed by atoms with Gasteiger partial charge in [-0.15, -0.1) is 0 Å². The van der Waals surface area contributed by atoms with Crippen LogP contribution >= 0.6 is 0 Å². The number of likely N-dealkylation sites (tertiary alicyclic amines) is 1. The third-order valence-electron chi connectivity index (χ3n) is 5.87. The van der Waals surface area contributed by atoms with Crippen LogP contribution < -0.4 is 10.6 Å². The molecule has 0 saturated carbocycles. The molecular formula is C23H38N4O2. The highest BCUT2D eigenvalue weighted by atomic mass is 16.5. The van der Waals surface area contributed by atoms with Crippen LogP contribution in [-0.4, -0.2) is 68.3 Å². The first kappa shape index (κ1) is 22.1. The molecule has 6 heteroatoms. The molecule has 0 aromatic heterocycles. The van der Waals surface area contributed by atoms with E-state index in [1.807, 2.05) is 0 Å². The van der Waals surface area contributed by atoms with Crippen LogP contribution in [0.15, 0.2) is 24.3 Å². The highest BCUT2D eigenvalue weighted by molar-refractivity contribution is 5.73. The predicted octanol–water partition coefficient (Wildman–Crippen LogP) is 2.69. The standard InChI is InChI=1S/C23H38N4O2/c1-19-14-20(2)17-27(16-19)18-22-6-4-21(5-7-22)15-25-23(28)24-8-3-9-26-10-12-29-13-11-26/h4-7,19-20H,3,8-18H2,1-2H3,(H2,24,25,28)/t19-,20+. The van der Waals surface area contributed by atoms with Crippen molar-refractivity contribution >= 4 is 6.03 Å². The van der Waals surface area contributed by atoms with E-state index in [1.165, 1.54) is 25.1 Å². The highest BCUT2D eigenvalue weighted by Crippen LogP contribution is 2.22. The van der Waals surface area contributed by atoms with Crippen LogP contribution in [0.2, 0.25) is 0 Å². The first-order chi connectivity index (χ1) is 14.1. The second kappa shape index (κ2) is 11.5. The summed E-state index contributed by atoms with van der Waals surface area (Å²) in [5, 5.41) is 5.91. The fourth-order valence-corrected chi connectivity index (χ4v) is 4.52. The first-order valence-electron chi connectivity index (χ1n) is 11.2. The van der Waals surface area contributed by atoms with E-state index in [4.69, 9.17) is 4.74 Å². The topological polar surface area (TPSA) is 56.8 Å². The van der Waals surface area contributed by atoms with E-state index in [-0.39, 0.29) is 6.03 Å². The van der Waals surface area contributed by atoms with Crippen molar-refractivity contribution in [2.45, 2.75) is 39.8 Å². The van der Waals surface area contributed by atoms with Gasteiger partial charge in [0.1, 0.15) is 0 Å². The van der Waals surface area contributed by atoms with E-state index in [0.29, 0.717) is 13.1 Å². The Morgan fingerprint density at radius 3 is 2.34 bits per heavy atom. The zero-order valence-corrected chi connectivity index (χ0v) is 18.2. The summed E-state index contributed by atoms with van der Waals surface area (Å²) in [6.07, 6.45) is 2.31. The molecule has 3 rings (SSSR count). The van der Waals surface area contributed by atoms with E-state index in [1.54, 1.807) is 0 Å². The van der Waals surface area contributed by atoms with Gasteiger partial charge in [-0.2, -0.15) is 0 Å². The number of rotatable bonds is 8. The quantitative estimate of drug-likeness (QED) is 0.657. The molecule has 2 aliphatic heterocycles. The van der Waals surface area contributed by atoms with Gasteiger partial charge in [-0.25, -0.2) is 4.79 Å². The zero-order valence-electron chi connectivity index (χ0n) is 18.2. The SMILES string of the molecule is C[C@@H]1C[C@H](C)CN(Cc2ccc(CNC(=O)NCCCN3CCOCC3)cc2)C1. The number of ether oxygens (including phenoxy) is 1. The fraction of sp³-hybridized carbons (Fsp3) is 0.696. The minimum Gasteiger partial charge on any atom is -0.379 e. The van der Waals surface area contributed by atoms with Crippen LogP contribution in [0.1, 0.15) is 37.8 Å². The van der Waals surface area contributed by atoms with Crippen molar-refractivity contribution < 1.29 is 9.53 Å². The average molecular weight is 403 g/mol. The molecular weight excluding hydrogens is 364 g/mol. The number of morpholine rings is 1. The van der Waals surface area contributed by atoms with Crippen molar-refractivity contribution in [2.24, 2.45) is 11.8 Å². The number of hydrogen-bond acceptors (Lipinski definition) is 4. The van der Waals surface area contributed by atoms with Gasteiger partial charge in [-0.05, 0) is 42.3 Å². The second-order valence-electron chi connectivity index (χ2n) is 8.87. The summed E-state index contributed by atoms with van der Waals surface area (Å²) >= 11 is 0. The normalized spacial score (nSPS) is 23.7. The number of benzene rings is 1. The molecule has 0 radical (unpaired) electrons. The van der Waals surface area contributed by atoms with Gasteiger partial charge >= 0.3 is 6.03 Å². The average Bonchev–Trinajstić information content (AvgIpc) is 2.71. The molecule has 0 spiro atoms. The summed E-state index contributed by atoms with van der Waals surface area (Å²) in [6.45, 7) is 14.0. The van der Waals surface area contributed by atoms with Crippen molar-refractivity contribution in [3.63, 3.8) is 0 Å². The highest BCUT2D eigenvalue weighted by Gasteiger charge is 2.21. The molecule has 2 atom stereocenters. The molecule has 162 valence electrons. The Hall–Kier alpha value is -1.63. The molecule has 2 heterocycles. The molecule has 29 heavy (non-hydrogen) atoms. The van der Waals surface area contributed by atoms with E-state index in [2.05, 4.69) is 58.5 Å². The van der Waals surface area contributed by atoms with Gasteiger partial charge in [0.05, 0.1) is 13.2 Å². The molecule has 2 amide bonds. The van der Waals surface area contributed by atoms with Gasteiger partial charge in [0, 0.05) is 45.8 Å². The minimum atomic E-state index is -0.0904. The minimum absolute atomic E-state index is 0.0904. The molecule has 0 unspecified atom stereocenters. The van der Waals surface area contributed by atoms with E-state index in [9.17, 15) is 4.79 Å². The Kier molecular flexibility index (Phi) is 8.77. The van der Waals surface area contributed by atoms with Crippen LogP contribution in [0.5, 0.6) is 0 Å². The van der Waals surface area contributed by atoms with Crippen molar-refractivity contribution in [1.82, 2.24) is 20.4 Å². The molecule has 2 fully saturated rings. The summed E-state index contributed by atoms with van der Waals surface area (Å²) in [5.41, 5.74) is 2.49. The maximum absolute atomic E-state index is 12.0. The number of carbonyl (C=O) groups is 1.